The molecule has 2 aliphatic heterocycles. The Hall–Kier alpha value is -9.08. The number of esters is 4. The monoisotopic (exact) mass is 1190 g/mol. The molecule has 10 N–H and O–H groups in total. The first-order valence-corrected chi connectivity index (χ1v) is 30.3. The maximum atomic E-state index is 14.7. The Morgan fingerprint density at radius 3 is 1.06 bits per heavy atom. The fourth-order valence-corrected chi connectivity index (χ4v) is 10.7. The molecule has 88 heavy (non-hydrogen) atoms. The lowest BCUT2D eigenvalue weighted by atomic mass is 9.98. The van der Waals surface area contributed by atoms with Crippen molar-refractivity contribution < 1.29 is 56.4 Å². The molecule has 0 radical (unpaired) electrons. The van der Waals surface area contributed by atoms with E-state index in [9.17, 15) is 19.2 Å². The number of nitrogens with two attached hydrogens (primary N) is 4. The maximum Gasteiger partial charge on any atom is 0.340 e. The first kappa shape index (κ1) is 63.4. The minimum atomic E-state index is -0.578. The molecule has 20 heteroatoms. The summed E-state index contributed by atoms with van der Waals surface area (Å²) in [6.07, 6.45) is 19.5. The number of carbonyl (C=O) groups is 4. The predicted octanol–water partition coefficient (Wildman–Crippen LogP) is 7.10. The Morgan fingerprint density at radius 2 is 0.716 bits per heavy atom. The van der Waals surface area contributed by atoms with Crippen LogP contribution in [0, 0.1) is 13.8 Å². The molecule has 8 bridgehead atoms. The van der Waals surface area contributed by atoms with Crippen molar-refractivity contribution in [1.82, 2.24) is 19.9 Å². The summed E-state index contributed by atoms with van der Waals surface area (Å²) < 4.78 is 32.0. The van der Waals surface area contributed by atoms with Crippen molar-refractivity contribution in [1.29, 1.82) is 0 Å². The summed E-state index contributed by atoms with van der Waals surface area (Å²) in [5, 5.41) is 0. The minimum Gasteiger partial charge on any atom is -0.461 e. The highest BCUT2D eigenvalue weighted by Gasteiger charge is 2.26. The molecule has 0 amide bonds. The molecule has 0 aromatic carbocycles. The molecule has 0 saturated carbocycles. The lowest BCUT2D eigenvalue weighted by Gasteiger charge is -2.08. The Bertz CT molecular complexity index is 3870. The zero-order valence-electron chi connectivity index (χ0n) is 50.9. The zero-order valence-corrected chi connectivity index (χ0v) is 50.9. The number of hydrogen-bond acceptors (Lipinski definition) is 14. The van der Waals surface area contributed by atoms with E-state index in [1.54, 1.807) is 6.07 Å². The van der Waals surface area contributed by atoms with Crippen LogP contribution < -0.4 is 41.2 Å². The van der Waals surface area contributed by atoms with Crippen molar-refractivity contribution in [2.45, 2.75) is 132 Å². The number of nitrogens with one attached hydrogen (secondary N) is 2. The standard InChI is InChI=1S/C68H81N12O8/c1-45-53(9-11-63(81)85-41-49-13-29-77(30-14-49)25-5-21-69)59-40-60-54(10-12-64(82)86-42-50-15-31-78(32-16-50)26-6-22-70)46(2)56(74-60)38-61-66(68(84)88-44-52-19-35-80(36-20-52)28-8-24-72)48(4)58(76-61)39-62-65(47(3)57(75-62)37-55(45)73-59)67(83)87-43-51-17-33-79(34-18-51)27-7-23-71/h13-20,29-40H,5-12,21-28,41-44,69-72H2,1-4H3,(H-,73,74,75,76,83,84)/q+3/p+1. The van der Waals surface area contributed by atoms with Crippen LogP contribution in [-0.2, 0) is 81.1 Å². The van der Waals surface area contributed by atoms with Gasteiger partial charge in [-0.1, -0.05) is 0 Å². The number of rotatable bonds is 28. The van der Waals surface area contributed by atoms with Crippen LogP contribution >= 0.6 is 0 Å². The van der Waals surface area contributed by atoms with Crippen LogP contribution in [0.25, 0.3) is 44.4 Å². The Labute approximate surface area is 512 Å². The smallest absolute Gasteiger partial charge is 0.340 e. The van der Waals surface area contributed by atoms with Crippen molar-refractivity contribution in [3.63, 3.8) is 0 Å². The van der Waals surface area contributed by atoms with Gasteiger partial charge in [-0.25, -0.2) is 37.8 Å². The minimum absolute atomic E-state index is 0.00277. The van der Waals surface area contributed by atoms with Gasteiger partial charge in [-0.05, 0) is 124 Å². The van der Waals surface area contributed by atoms with Gasteiger partial charge < -0.3 is 51.9 Å². The summed E-state index contributed by atoms with van der Waals surface area (Å²) in [4.78, 5) is 74.1. The maximum absolute atomic E-state index is 14.7. The van der Waals surface area contributed by atoms with E-state index in [-0.39, 0.29) is 69.6 Å². The van der Waals surface area contributed by atoms with Crippen molar-refractivity contribution in [3.05, 3.63) is 190 Å². The molecule has 458 valence electrons. The topological polar surface area (TPSA) is 282 Å². The number of pyridine rings is 4. The summed E-state index contributed by atoms with van der Waals surface area (Å²) in [6, 6.07) is 22.8. The third kappa shape index (κ3) is 16.3. The first-order chi connectivity index (χ1) is 42.7. The van der Waals surface area contributed by atoms with Crippen LogP contribution in [0.1, 0.15) is 142 Å². The van der Waals surface area contributed by atoms with E-state index in [1.807, 2.05) is 162 Å². The lowest BCUT2D eigenvalue weighted by molar-refractivity contribution is -0.697. The quantitative estimate of drug-likeness (QED) is 0.0162. The number of aromatic nitrogens is 8. The predicted molar refractivity (Wildman–Crippen MR) is 333 cm³/mol. The molecule has 0 atom stereocenters. The highest BCUT2D eigenvalue weighted by Crippen LogP contribution is 2.39. The second-order valence-electron chi connectivity index (χ2n) is 22.3. The average molecular weight is 1200 g/mol. The van der Waals surface area contributed by atoms with E-state index in [0.29, 0.717) is 87.7 Å². The Balaban J connectivity index is 1.13. The highest BCUT2D eigenvalue weighted by molar-refractivity contribution is 6.05. The molecule has 20 nitrogen and oxygen atoms in total. The fraction of sp³-hybridized carbons (Fsp3) is 0.353. The van der Waals surface area contributed by atoms with Crippen LogP contribution in [0.5, 0.6) is 0 Å². The third-order valence-electron chi connectivity index (χ3n) is 16.0. The molecule has 2 aliphatic rings. The van der Waals surface area contributed by atoms with E-state index in [0.717, 1.165) is 96.4 Å². The second-order valence-corrected chi connectivity index (χ2v) is 22.3. The van der Waals surface area contributed by atoms with Crippen LogP contribution in [0.2, 0.25) is 0 Å². The number of aryl methyl sites for hydroxylation is 6. The number of hydrogen-bond donors (Lipinski definition) is 6. The van der Waals surface area contributed by atoms with E-state index < -0.39 is 11.9 Å². The van der Waals surface area contributed by atoms with Crippen molar-refractivity contribution >= 4 is 68.2 Å². The van der Waals surface area contributed by atoms with Crippen molar-refractivity contribution in [2.24, 2.45) is 22.9 Å². The van der Waals surface area contributed by atoms with Gasteiger partial charge in [0.1, 0.15) is 52.6 Å². The average Bonchev–Trinajstić information content (AvgIpc) is 2.63. The molecule has 9 rings (SSSR count). The molecule has 0 aliphatic carbocycles. The molecular formula is C68H82N12O8+4. The fourth-order valence-electron chi connectivity index (χ4n) is 10.7. The molecule has 7 aromatic heterocycles. The summed E-state index contributed by atoms with van der Waals surface area (Å²) >= 11 is 0. The van der Waals surface area contributed by atoms with E-state index in [2.05, 4.69) is 9.97 Å². The van der Waals surface area contributed by atoms with Gasteiger partial charge in [-0.2, -0.15) is 0 Å². The number of fused-ring (bicyclic) bond motifs is 8. The summed E-state index contributed by atoms with van der Waals surface area (Å²) in [5.74, 6) is -1.91. The molecule has 0 saturated heterocycles. The summed E-state index contributed by atoms with van der Waals surface area (Å²) in [7, 11) is 0. The van der Waals surface area contributed by atoms with E-state index in [4.69, 9.17) is 51.9 Å². The normalized spacial score (nSPS) is 12.2. The summed E-state index contributed by atoms with van der Waals surface area (Å²) in [6.45, 7) is 13.3. The number of H-pyrrole nitrogens is 2. The Morgan fingerprint density at radius 1 is 0.409 bits per heavy atom. The Kier molecular flexibility index (Phi) is 22.0. The van der Waals surface area contributed by atoms with Crippen LogP contribution in [-0.4, -0.2) is 70.0 Å². The van der Waals surface area contributed by atoms with Gasteiger partial charge in [0.2, 0.25) is 0 Å². The van der Waals surface area contributed by atoms with Crippen molar-refractivity contribution in [2.75, 3.05) is 26.2 Å². The van der Waals surface area contributed by atoms with E-state index in [1.165, 1.54) is 0 Å². The second kappa shape index (κ2) is 30.5. The molecule has 0 unspecified atom stereocenters. The van der Waals surface area contributed by atoms with Gasteiger partial charge in [0, 0.05) is 120 Å². The number of aromatic amines is 2. The molecule has 0 spiro atoms. The van der Waals surface area contributed by atoms with Gasteiger partial charge in [0.25, 0.3) is 0 Å². The van der Waals surface area contributed by atoms with Gasteiger partial charge in [-0.3, -0.25) is 9.59 Å². The largest absolute Gasteiger partial charge is 0.461 e. The highest BCUT2D eigenvalue weighted by atomic mass is 16.5. The number of nitrogens with zero attached hydrogens (tertiary/aromatic N) is 6. The molecular weight excluding hydrogens is 1110 g/mol. The van der Waals surface area contributed by atoms with E-state index >= 15 is 0 Å². The number of ether oxygens (including phenoxy) is 4. The lowest BCUT2D eigenvalue weighted by Crippen LogP contribution is -2.33. The zero-order chi connectivity index (χ0) is 62.1. The van der Waals surface area contributed by atoms with Gasteiger partial charge in [0.15, 0.2) is 49.6 Å². The van der Waals surface area contributed by atoms with Crippen LogP contribution in [0.4, 0.5) is 0 Å². The number of carbonyl (C=O) groups excluding carboxylic acids is 4. The SMILES string of the molecule is CC1=C(CCC(=O)OCc2cc[n+](CCCN)cc2)c2cc3nc(cc4[nH]c(cc5[nH]c(cc1n2)c(C)c5C(=O)OCc1cc[n+](CCCN)cc1)c(C)c4C(=O)OCc1cc[n+](CCCN)cc1)C(C)=C3CCC(=O)OCc1cc[n+](CCCN)cc1. The number of allylic oxidation sites excluding steroid dienone is 4. The molecule has 7 aromatic rings. The van der Waals surface area contributed by atoms with Gasteiger partial charge in [0.05, 0.1) is 44.9 Å². The molecule has 0 fully saturated rings. The first-order valence-electron chi connectivity index (χ1n) is 30.3. The van der Waals surface area contributed by atoms with Crippen LogP contribution in [0.15, 0.2) is 122 Å². The van der Waals surface area contributed by atoms with Gasteiger partial charge >= 0.3 is 23.9 Å². The summed E-state index contributed by atoms with van der Waals surface area (Å²) in [5.41, 5.74) is 35.3. The van der Waals surface area contributed by atoms with Crippen LogP contribution in [0.3, 0.4) is 0 Å². The third-order valence-corrected chi connectivity index (χ3v) is 16.0. The molecule has 9 heterocycles. The van der Waals surface area contributed by atoms with Gasteiger partial charge in [-0.15, -0.1) is 0 Å². The van der Waals surface area contributed by atoms with Crippen molar-refractivity contribution in [3.8, 4) is 0 Å².